The van der Waals surface area contributed by atoms with Crippen LogP contribution in [0.1, 0.15) is 25.8 Å². The van der Waals surface area contributed by atoms with Crippen LogP contribution in [0.5, 0.6) is 0 Å². The van der Waals surface area contributed by atoms with Gasteiger partial charge >= 0.3 is 0 Å². The van der Waals surface area contributed by atoms with Crippen LogP contribution in [0.3, 0.4) is 0 Å². The SMILES string of the molecule is [B]C1(c2ccc3c(c2)-c2ccccc2-c2ccccc2N3C)OC(CC)[C@H]2C(C)C21. The highest BCUT2D eigenvalue weighted by molar-refractivity contribution is 6.16. The second-order valence-electron chi connectivity index (χ2n) is 9.17. The number of benzene rings is 3. The van der Waals surface area contributed by atoms with Crippen molar-refractivity contribution in [3.05, 3.63) is 72.3 Å². The van der Waals surface area contributed by atoms with E-state index in [2.05, 4.69) is 92.5 Å². The highest BCUT2D eigenvalue weighted by Gasteiger charge is 2.66. The predicted molar refractivity (Wildman–Crippen MR) is 124 cm³/mol. The van der Waals surface area contributed by atoms with E-state index in [0.29, 0.717) is 17.8 Å². The first-order valence-electron chi connectivity index (χ1n) is 11.1. The van der Waals surface area contributed by atoms with Gasteiger partial charge in [0.1, 0.15) is 7.85 Å². The lowest BCUT2D eigenvalue weighted by molar-refractivity contribution is -0.0279. The second kappa shape index (κ2) is 6.24. The van der Waals surface area contributed by atoms with E-state index in [9.17, 15) is 0 Å². The van der Waals surface area contributed by atoms with Gasteiger partial charge in [0.05, 0.1) is 11.6 Å². The Morgan fingerprint density at radius 3 is 2.23 bits per heavy atom. The third kappa shape index (κ3) is 2.30. The van der Waals surface area contributed by atoms with Crippen LogP contribution in [0.2, 0.25) is 0 Å². The molecule has 3 aromatic carbocycles. The van der Waals surface area contributed by atoms with Crippen LogP contribution < -0.4 is 4.90 Å². The van der Waals surface area contributed by atoms with Crippen LogP contribution in [0, 0.1) is 17.8 Å². The van der Waals surface area contributed by atoms with Gasteiger partial charge < -0.3 is 9.64 Å². The van der Waals surface area contributed by atoms with Crippen molar-refractivity contribution in [2.75, 3.05) is 11.9 Å². The minimum atomic E-state index is -0.688. The summed E-state index contributed by atoms with van der Waals surface area (Å²) in [5.74, 6) is 1.64. The summed E-state index contributed by atoms with van der Waals surface area (Å²) in [6.45, 7) is 4.53. The van der Waals surface area contributed by atoms with E-state index in [1.807, 2.05) is 0 Å². The molecule has 6 rings (SSSR count). The first kappa shape index (κ1) is 18.3. The van der Waals surface area contributed by atoms with Gasteiger partial charge in [0.15, 0.2) is 0 Å². The van der Waals surface area contributed by atoms with E-state index >= 15 is 0 Å². The third-order valence-corrected chi connectivity index (χ3v) is 7.70. The van der Waals surface area contributed by atoms with Crippen molar-refractivity contribution in [1.29, 1.82) is 0 Å². The summed E-state index contributed by atoms with van der Waals surface area (Å²) >= 11 is 0. The fourth-order valence-corrected chi connectivity index (χ4v) is 6.13. The number of ether oxygens (including phenoxy) is 1. The molecule has 148 valence electrons. The second-order valence-corrected chi connectivity index (χ2v) is 9.17. The van der Waals surface area contributed by atoms with E-state index in [1.165, 1.54) is 33.6 Å². The average Bonchev–Trinajstić information content (AvgIpc) is 3.38. The Labute approximate surface area is 180 Å². The summed E-state index contributed by atoms with van der Waals surface area (Å²) in [5, 5.41) is 0. The summed E-state index contributed by atoms with van der Waals surface area (Å²) in [6.07, 6.45) is 1.30. The Balaban J connectivity index is 1.55. The summed E-state index contributed by atoms with van der Waals surface area (Å²) in [5.41, 5.74) is 7.83. The van der Waals surface area contributed by atoms with E-state index in [-0.39, 0.29) is 6.10 Å². The Hall–Kier alpha value is -2.52. The van der Waals surface area contributed by atoms with Gasteiger partial charge in [-0.2, -0.15) is 0 Å². The number of para-hydroxylation sites is 1. The first-order chi connectivity index (χ1) is 14.5. The molecule has 2 radical (unpaired) electrons. The van der Waals surface area contributed by atoms with Gasteiger partial charge in [-0.3, -0.25) is 0 Å². The molecule has 5 atom stereocenters. The summed E-state index contributed by atoms with van der Waals surface area (Å²) in [4.78, 5) is 2.30. The lowest BCUT2D eigenvalue weighted by Crippen LogP contribution is -2.33. The Kier molecular flexibility index (Phi) is 3.80. The van der Waals surface area contributed by atoms with Crippen molar-refractivity contribution in [2.24, 2.45) is 17.8 Å². The monoisotopic (exact) mass is 391 g/mol. The fraction of sp³-hybridized carbons (Fsp3) is 0.333. The van der Waals surface area contributed by atoms with Gasteiger partial charge in [-0.25, -0.2) is 0 Å². The third-order valence-electron chi connectivity index (χ3n) is 7.70. The summed E-state index contributed by atoms with van der Waals surface area (Å²) < 4.78 is 6.48. The van der Waals surface area contributed by atoms with Crippen LogP contribution in [-0.2, 0) is 10.2 Å². The van der Waals surface area contributed by atoms with E-state index in [0.717, 1.165) is 12.0 Å². The summed E-state index contributed by atoms with van der Waals surface area (Å²) in [7, 11) is 9.15. The van der Waals surface area contributed by atoms with E-state index in [1.54, 1.807) is 0 Å². The molecule has 1 aliphatic carbocycles. The molecule has 0 aromatic heterocycles. The molecule has 3 aliphatic rings. The zero-order valence-corrected chi connectivity index (χ0v) is 17.8. The Morgan fingerprint density at radius 1 is 0.900 bits per heavy atom. The van der Waals surface area contributed by atoms with E-state index < -0.39 is 5.50 Å². The number of nitrogens with zero attached hydrogens (tertiary/aromatic N) is 1. The van der Waals surface area contributed by atoms with Crippen LogP contribution in [0.4, 0.5) is 11.4 Å². The van der Waals surface area contributed by atoms with Gasteiger partial charge in [0.25, 0.3) is 0 Å². The summed E-state index contributed by atoms with van der Waals surface area (Å²) in [6, 6.07) is 24.0. The number of rotatable bonds is 2. The molecule has 4 unspecified atom stereocenters. The first-order valence-corrected chi connectivity index (χ1v) is 11.1. The standard InChI is InChI=1S/C27H26BNO/c1-4-24-25-16(2)26(25)27(28,30-24)17-13-14-23-21(15-17)19-10-6-5-9-18(19)20-11-7-8-12-22(20)29(23)3/h5-16,24-26H,4H2,1-3H3/t16?,24?,25-,26?,27?/m1/s1. The van der Waals surface area contributed by atoms with Crippen molar-refractivity contribution < 1.29 is 4.74 Å². The maximum absolute atomic E-state index is 7.00. The predicted octanol–water partition coefficient (Wildman–Crippen LogP) is 6.11. The number of anilines is 2. The van der Waals surface area contributed by atoms with Gasteiger partial charge in [-0.05, 0) is 59.1 Å². The quantitative estimate of drug-likeness (QED) is 0.489. The zero-order valence-electron chi connectivity index (χ0n) is 17.8. The molecule has 2 heterocycles. The fourth-order valence-electron chi connectivity index (χ4n) is 6.13. The van der Waals surface area contributed by atoms with Crippen molar-refractivity contribution in [2.45, 2.75) is 31.9 Å². The van der Waals surface area contributed by atoms with Crippen molar-refractivity contribution in [3.63, 3.8) is 0 Å². The molecule has 0 amide bonds. The Morgan fingerprint density at radius 2 is 1.53 bits per heavy atom. The topological polar surface area (TPSA) is 12.5 Å². The minimum absolute atomic E-state index is 0.271. The lowest BCUT2D eigenvalue weighted by atomic mass is 9.70. The van der Waals surface area contributed by atoms with Gasteiger partial charge in [-0.1, -0.05) is 62.4 Å². The molecule has 3 aromatic rings. The van der Waals surface area contributed by atoms with Crippen LogP contribution in [0.15, 0.2) is 66.7 Å². The molecule has 2 aliphatic heterocycles. The highest BCUT2D eigenvalue weighted by atomic mass is 16.5. The van der Waals surface area contributed by atoms with Crippen LogP contribution >= 0.6 is 0 Å². The smallest absolute Gasteiger partial charge is 0.120 e. The molecule has 1 saturated heterocycles. The molecule has 2 fully saturated rings. The number of hydrogen-bond acceptors (Lipinski definition) is 2. The average molecular weight is 391 g/mol. The maximum Gasteiger partial charge on any atom is 0.120 e. The molecule has 0 N–H and O–H groups in total. The molecule has 1 saturated carbocycles. The minimum Gasteiger partial charge on any atom is -0.377 e. The van der Waals surface area contributed by atoms with Gasteiger partial charge in [0, 0.05) is 29.5 Å². The molecular weight excluding hydrogens is 365 g/mol. The largest absolute Gasteiger partial charge is 0.377 e. The molecule has 0 spiro atoms. The lowest BCUT2D eigenvalue weighted by Gasteiger charge is -2.32. The molecule has 3 heteroatoms. The van der Waals surface area contributed by atoms with Crippen molar-refractivity contribution in [3.8, 4) is 22.3 Å². The molecule has 2 nitrogen and oxygen atoms in total. The maximum atomic E-state index is 7.00. The van der Waals surface area contributed by atoms with Gasteiger partial charge in [0.2, 0.25) is 0 Å². The molecular formula is C27H26BNO. The normalized spacial score (nSPS) is 30.7. The van der Waals surface area contributed by atoms with E-state index in [4.69, 9.17) is 12.6 Å². The molecule has 30 heavy (non-hydrogen) atoms. The zero-order chi connectivity index (χ0) is 20.6. The van der Waals surface area contributed by atoms with Gasteiger partial charge in [-0.15, -0.1) is 0 Å². The highest BCUT2D eigenvalue weighted by Crippen LogP contribution is 2.65. The Bertz CT molecular complexity index is 1160. The number of fused-ring (bicyclic) bond motifs is 6. The number of hydrogen-bond donors (Lipinski definition) is 0. The molecule has 0 bridgehead atoms. The van der Waals surface area contributed by atoms with Crippen LogP contribution in [0.25, 0.3) is 22.3 Å². The van der Waals surface area contributed by atoms with Crippen molar-refractivity contribution >= 4 is 19.2 Å². The van der Waals surface area contributed by atoms with Crippen molar-refractivity contribution in [1.82, 2.24) is 0 Å². The van der Waals surface area contributed by atoms with Crippen LogP contribution in [-0.4, -0.2) is 21.0 Å².